The molecule has 1 aliphatic heterocycles. The van der Waals surface area contributed by atoms with Gasteiger partial charge in [0, 0.05) is 32.4 Å². The van der Waals surface area contributed by atoms with E-state index in [2.05, 4.69) is 25.2 Å². The number of hydrogen-bond acceptors (Lipinski definition) is 7. The average molecular weight is 381 g/mol. The molecule has 8 heteroatoms. The highest BCUT2D eigenvalue weighted by molar-refractivity contribution is 5.92. The molecule has 0 aliphatic carbocycles. The van der Waals surface area contributed by atoms with Gasteiger partial charge in [0.05, 0.1) is 25.7 Å². The van der Waals surface area contributed by atoms with Gasteiger partial charge in [-0.3, -0.25) is 14.7 Å². The van der Waals surface area contributed by atoms with Gasteiger partial charge in [0.1, 0.15) is 5.75 Å². The second kappa shape index (κ2) is 8.37. The third kappa shape index (κ3) is 3.97. The Labute approximate surface area is 162 Å². The molecule has 1 aromatic carbocycles. The Morgan fingerprint density at radius 2 is 2.14 bits per heavy atom. The van der Waals surface area contributed by atoms with Crippen molar-refractivity contribution in [2.75, 3.05) is 51.8 Å². The third-order valence-corrected chi connectivity index (χ3v) is 4.81. The molecule has 0 spiro atoms. The topological polar surface area (TPSA) is 92.4 Å². The van der Waals surface area contributed by atoms with Gasteiger partial charge in [-0.2, -0.15) is 4.98 Å². The predicted molar refractivity (Wildman–Crippen MR) is 108 cm³/mol. The molecule has 0 unspecified atom stereocenters. The van der Waals surface area contributed by atoms with Crippen LogP contribution in [0.3, 0.4) is 0 Å². The molecule has 3 aromatic rings. The Hall–Kier alpha value is -2.97. The molecule has 2 N–H and O–H groups in total. The number of nitrogens with one attached hydrogen (secondary N) is 2. The maximum absolute atomic E-state index is 12.8. The van der Waals surface area contributed by atoms with Crippen molar-refractivity contribution < 1.29 is 9.47 Å². The molecule has 28 heavy (non-hydrogen) atoms. The lowest BCUT2D eigenvalue weighted by molar-refractivity contribution is 0.0398. The summed E-state index contributed by atoms with van der Waals surface area (Å²) in [6, 6.07) is 9.41. The van der Waals surface area contributed by atoms with E-state index in [1.807, 2.05) is 30.3 Å². The number of H-pyrrole nitrogens is 1. The molecule has 2 aromatic heterocycles. The summed E-state index contributed by atoms with van der Waals surface area (Å²) < 4.78 is 10.6. The van der Waals surface area contributed by atoms with Crippen LogP contribution in [-0.4, -0.2) is 66.4 Å². The standard InChI is InChI=1S/C20H23N5O3/c1-27-15-4-2-3-14(13-15)16-5-6-21-18-17(16)19(26)24-20(23-18)22-7-8-25-9-11-28-12-10-25/h2-6,13H,7-12H2,1H3,(H2,21,22,23,24,26). The Balaban J connectivity index is 1.58. The van der Waals surface area contributed by atoms with Gasteiger partial charge in [-0.25, -0.2) is 4.98 Å². The third-order valence-electron chi connectivity index (χ3n) is 4.81. The largest absolute Gasteiger partial charge is 0.497 e. The van der Waals surface area contributed by atoms with Gasteiger partial charge in [-0.15, -0.1) is 0 Å². The summed E-state index contributed by atoms with van der Waals surface area (Å²) in [5.41, 5.74) is 1.85. The fourth-order valence-electron chi connectivity index (χ4n) is 3.34. The summed E-state index contributed by atoms with van der Waals surface area (Å²) in [7, 11) is 1.62. The number of pyridine rings is 1. The number of methoxy groups -OCH3 is 1. The summed E-state index contributed by atoms with van der Waals surface area (Å²) in [4.78, 5) is 26.7. The van der Waals surface area contributed by atoms with Gasteiger partial charge in [0.25, 0.3) is 5.56 Å². The van der Waals surface area contributed by atoms with E-state index < -0.39 is 0 Å². The van der Waals surface area contributed by atoms with E-state index in [1.54, 1.807) is 13.3 Å². The second-order valence-electron chi connectivity index (χ2n) is 6.58. The lowest BCUT2D eigenvalue weighted by Gasteiger charge is -2.26. The highest BCUT2D eigenvalue weighted by atomic mass is 16.5. The number of aromatic nitrogens is 3. The first-order valence-corrected chi connectivity index (χ1v) is 9.32. The Morgan fingerprint density at radius 1 is 1.29 bits per heavy atom. The molecule has 1 aliphatic rings. The van der Waals surface area contributed by atoms with Crippen LogP contribution in [0.2, 0.25) is 0 Å². The zero-order chi connectivity index (χ0) is 19.3. The van der Waals surface area contributed by atoms with Crippen LogP contribution in [0.15, 0.2) is 41.3 Å². The molecule has 0 amide bonds. The number of hydrogen-bond donors (Lipinski definition) is 2. The summed E-state index contributed by atoms with van der Waals surface area (Å²) in [5.74, 6) is 1.16. The van der Waals surface area contributed by atoms with Crippen molar-refractivity contribution in [3.63, 3.8) is 0 Å². The number of ether oxygens (including phenoxy) is 2. The normalized spacial score (nSPS) is 14.9. The number of fused-ring (bicyclic) bond motifs is 1. The van der Waals surface area contributed by atoms with Crippen LogP contribution in [0.25, 0.3) is 22.2 Å². The first-order valence-electron chi connectivity index (χ1n) is 9.32. The average Bonchev–Trinajstić information content (AvgIpc) is 2.74. The number of nitrogens with zero attached hydrogens (tertiary/aromatic N) is 3. The monoisotopic (exact) mass is 381 g/mol. The number of morpholine rings is 1. The minimum Gasteiger partial charge on any atom is -0.497 e. The molecule has 0 bridgehead atoms. The molecule has 1 fully saturated rings. The summed E-state index contributed by atoms with van der Waals surface area (Å²) in [6.07, 6.45) is 1.67. The zero-order valence-electron chi connectivity index (χ0n) is 15.8. The maximum Gasteiger partial charge on any atom is 0.262 e. The molecular formula is C20H23N5O3. The van der Waals surface area contributed by atoms with Crippen molar-refractivity contribution in [3.05, 3.63) is 46.9 Å². The van der Waals surface area contributed by atoms with Crippen molar-refractivity contribution in [3.8, 4) is 16.9 Å². The number of aromatic amines is 1. The molecule has 146 valence electrons. The van der Waals surface area contributed by atoms with Crippen LogP contribution < -0.4 is 15.6 Å². The van der Waals surface area contributed by atoms with Crippen LogP contribution in [0, 0.1) is 0 Å². The van der Waals surface area contributed by atoms with Gasteiger partial charge in [-0.05, 0) is 29.3 Å². The van der Waals surface area contributed by atoms with E-state index in [0.29, 0.717) is 23.5 Å². The minimum atomic E-state index is -0.218. The van der Waals surface area contributed by atoms with E-state index in [0.717, 1.165) is 49.7 Å². The maximum atomic E-state index is 12.8. The van der Waals surface area contributed by atoms with E-state index >= 15 is 0 Å². The molecule has 0 saturated carbocycles. The molecule has 1 saturated heterocycles. The lowest BCUT2D eigenvalue weighted by Crippen LogP contribution is -2.39. The first-order chi connectivity index (χ1) is 13.7. The van der Waals surface area contributed by atoms with E-state index in [-0.39, 0.29) is 5.56 Å². The fraction of sp³-hybridized carbons (Fsp3) is 0.350. The van der Waals surface area contributed by atoms with Crippen molar-refractivity contribution in [1.29, 1.82) is 0 Å². The SMILES string of the molecule is COc1cccc(-c2ccnc3nc(NCCN4CCOCC4)[nH]c(=O)c23)c1. The second-order valence-corrected chi connectivity index (χ2v) is 6.58. The smallest absolute Gasteiger partial charge is 0.262 e. The molecular weight excluding hydrogens is 358 g/mol. The Morgan fingerprint density at radius 3 is 2.96 bits per heavy atom. The minimum absolute atomic E-state index is 0.218. The number of anilines is 1. The summed E-state index contributed by atoms with van der Waals surface area (Å²) in [5, 5.41) is 3.66. The molecule has 3 heterocycles. The van der Waals surface area contributed by atoms with Crippen LogP contribution in [0.1, 0.15) is 0 Å². The van der Waals surface area contributed by atoms with Crippen molar-refractivity contribution in [1.82, 2.24) is 19.9 Å². The van der Waals surface area contributed by atoms with Crippen LogP contribution in [0.5, 0.6) is 5.75 Å². The van der Waals surface area contributed by atoms with Gasteiger partial charge >= 0.3 is 0 Å². The molecule has 0 atom stereocenters. The number of rotatable bonds is 6. The number of benzene rings is 1. The van der Waals surface area contributed by atoms with E-state index in [1.165, 1.54) is 0 Å². The highest BCUT2D eigenvalue weighted by Crippen LogP contribution is 2.27. The molecule has 0 radical (unpaired) electrons. The van der Waals surface area contributed by atoms with Gasteiger partial charge in [-0.1, -0.05) is 12.1 Å². The van der Waals surface area contributed by atoms with Crippen LogP contribution in [-0.2, 0) is 4.74 Å². The van der Waals surface area contributed by atoms with Crippen molar-refractivity contribution >= 4 is 17.0 Å². The summed E-state index contributed by atoms with van der Waals surface area (Å²) in [6.45, 7) is 4.93. The van der Waals surface area contributed by atoms with Gasteiger partial charge in [0.2, 0.25) is 5.95 Å². The van der Waals surface area contributed by atoms with Gasteiger partial charge < -0.3 is 14.8 Å². The van der Waals surface area contributed by atoms with Gasteiger partial charge in [0.15, 0.2) is 5.65 Å². The molecule has 4 rings (SSSR count). The van der Waals surface area contributed by atoms with Crippen LogP contribution in [0.4, 0.5) is 5.95 Å². The summed E-state index contributed by atoms with van der Waals surface area (Å²) >= 11 is 0. The first kappa shape index (κ1) is 18.4. The lowest BCUT2D eigenvalue weighted by atomic mass is 10.0. The zero-order valence-corrected chi connectivity index (χ0v) is 15.8. The van der Waals surface area contributed by atoms with E-state index in [4.69, 9.17) is 9.47 Å². The quantitative estimate of drug-likeness (QED) is 0.672. The fourth-order valence-corrected chi connectivity index (χ4v) is 3.34. The predicted octanol–water partition coefficient (Wildman–Crippen LogP) is 1.74. The Bertz CT molecular complexity index is 1010. The van der Waals surface area contributed by atoms with Crippen molar-refractivity contribution in [2.45, 2.75) is 0 Å². The highest BCUT2D eigenvalue weighted by Gasteiger charge is 2.13. The van der Waals surface area contributed by atoms with Crippen molar-refractivity contribution in [2.24, 2.45) is 0 Å². The van der Waals surface area contributed by atoms with E-state index in [9.17, 15) is 4.79 Å². The Kier molecular flexibility index (Phi) is 5.50. The molecule has 8 nitrogen and oxygen atoms in total. The van der Waals surface area contributed by atoms with Crippen LogP contribution >= 0.6 is 0 Å².